The summed E-state index contributed by atoms with van der Waals surface area (Å²) in [6.07, 6.45) is -0.770. The smallest absolute Gasteiger partial charge is 0.364 e. The summed E-state index contributed by atoms with van der Waals surface area (Å²) in [6.45, 7) is -0.563. The van der Waals surface area contributed by atoms with Crippen molar-refractivity contribution in [2.45, 2.75) is 101 Å². The fraction of sp³-hybridized carbons (Fsp3) is 0.633. The molecular formula is C30H34F7N7O2. The van der Waals surface area contributed by atoms with Gasteiger partial charge in [-0.05, 0) is 55.1 Å². The van der Waals surface area contributed by atoms with E-state index in [1.54, 1.807) is 18.5 Å². The Kier molecular flexibility index (Phi) is 8.28. The minimum atomic E-state index is -4.47. The number of nitrogens with zero attached hydrogens (tertiary/aromatic N) is 5. The third kappa shape index (κ3) is 7.30. The zero-order valence-electron chi connectivity index (χ0n) is 24.7. The SMILES string of the molecule is NC(=O)c1nn(CCC(F)(F)F)cc1[C@@H](c1cn2ncc(C(NC(=O)CC3CC(F)(F)C3)C3CC3)cc2n1)C1CCC(F)(F)CC1. The van der Waals surface area contributed by atoms with E-state index in [0.29, 0.717) is 16.9 Å². The molecule has 46 heavy (non-hydrogen) atoms. The molecule has 6 rings (SSSR count). The summed E-state index contributed by atoms with van der Waals surface area (Å²) >= 11 is 0. The molecule has 250 valence electrons. The summed E-state index contributed by atoms with van der Waals surface area (Å²) in [7, 11) is 0. The number of rotatable bonds is 11. The number of carbonyl (C=O) groups excluding carboxylic acids is 2. The zero-order valence-corrected chi connectivity index (χ0v) is 24.7. The van der Waals surface area contributed by atoms with Crippen LogP contribution in [0.25, 0.3) is 5.65 Å². The van der Waals surface area contributed by atoms with Crippen LogP contribution in [-0.2, 0) is 11.3 Å². The number of imidazole rings is 1. The number of amides is 2. The fourth-order valence-corrected chi connectivity index (χ4v) is 6.82. The van der Waals surface area contributed by atoms with Crippen LogP contribution < -0.4 is 11.1 Å². The van der Waals surface area contributed by atoms with E-state index < -0.39 is 67.6 Å². The van der Waals surface area contributed by atoms with E-state index >= 15 is 0 Å². The molecule has 0 radical (unpaired) electrons. The highest BCUT2D eigenvalue weighted by Gasteiger charge is 2.46. The summed E-state index contributed by atoms with van der Waals surface area (Å²) in [5, 5.41) is 11.5. The van der Waals surface area contributed by atoms with Gasteiger partial charge in [-0.3, -0.25) is 14.3 Å². The molecule has 9 nitrogen and oxygen atoms in total. The molecule has 0 aromatic carbocycles. The predicted molar refractivity (Wildman–Crippen MR) is 149 cm³/mol. The van der Waals surface area contributed by atoms with Crippen molar-refractivity contribution in [1.29, 1.82) is 0 Å². The minimum absolute atomic E-state index is 0.00295. The maximum absolute atomic E-state index is 14.2. The van der Waals surface area contributed by atoms with Gasteiger partial charge in [0, 0.05) is 56.3 Å². The lowest BCUT2D eigenvalue weighted by Crippen LogP contribution is -2.39. The summed E-state index contributed by atoms with van der Waals surface area (Å²) in [5.74, 6) is -8.33. The normalized spacial score (nSPS) is 21.5. The Labute approximate surface area is 259 Å². The van der Waals surface area contributed by atoms with Gasteiger partial charge in [0.1, 0.15) is 0 Å². The zero-order chi connectivity index (χ0) is 33.0. The molecule has 0 aliphatic heterocycles. The molecule has 3 heterocycles. The van der Waals surface area contributed by atoms with E-state index in [1.807, 2.05) is 0 Å². The average Bonchev–Trinajstić information content (AvgIpc) is 3.55. The molecule has 3 aromatic heterocycles. The van der Waals surface area contributed by atoms with Gasteiger partial charge in [-0.2, -0.15) is 23.4 Å². The first-order chi connectivity index (χ1) is 21.6. The number of hydrogen-bond acceptors (Lipinski definition) is 5. The molecule has 0 bridgehead atoms. The highest BCUT2D eigenvalue weighted by atomic mass is 19.4. The molecule has 0 saturated heterocycles. The molecule has 3 N–H and O–H groups in total. The van der Waals surface area contributed by atoms with Gasteiger partial charge < -0.3 is 11.1 Å². The maximum Gasteiger partial charge on any atom is 0.390 e. The number of halogens is 7. The largest absolute Gasteiger partial charge is 0.390 e. The highest BCUT2D eigenvalue weighted by molar-refractivity contribution is 5.92. The number of aryl methyl sites for hydroxylation is 1. The minimum Gasteiger partial charge on any atom is -0.364 e. The number of carbonyl (C=O) groups is 2. The third-order valence-corrected chi connectivity index (χ3v) is 9.31. The second-order valence-electron chi connectivity index (χ2n) is 13.1. The summed E-state index contributed by atoms with van der Waals surface area (Å²) in [4.78, 5) is 29.9. The van der Waals surface area contributed by atoms with E-state index in [0.717, 1.165) is 17.5 Å². The van der Waals surface area contributed by atoms with Gasteiger partial charge in [-0.1, -0.05) is 0 Å². The van der Waals surface area contributed by atoms with Gasteiger partial charge in [-0.25, -0.2) is 27.1 Å². The number of hydrogen-bond donors (Lipinski definition) is 2. The monoisotopic (exact) mass is 657 g/mol. The Morgan fingerprint density at radius 2 is 1.72 bits per heavy atom. The lowest BCUT2D eigenvalue weighted by atomic mass is 9.74. The fourth-order valence-electron chi connectivity index (χ4n) is 6.82. The predicted octanol–water partition coefficient (Wildman–Crippen LogP) is 5.94. The number of nitrogens with two attached hydrogens (primary N) is 1. The van der Waals surface area contributed by atoms with Crippen molar-refractivity contribution in [3.8, 4) is 0 Å². The lowest BCUT2D eigenvalue weighted by Gasteiger charge is -2.34. The molecule has 0 spiro atoms. The molecule has 3 aliphatic carbocycles. The van der Waals surface area contributed by atoms with Gasteiger partial charge in [0.05, 0.1) is 30.6 Å². The van der Waals surface area contributed by atoms with Crippen molar-refractivity contribution in [3.05, 3.63) is 47.2 Å². The molecule has 1 unspecified atom stereocenters. The lowest BCUT2D eigenvalue weighted by molar-refractivity contribution is -0.137. The second kappa shape index (κ2) is 11.8. The Morgan fingerprint density at radius 1 is 1.02 bits per heavy atom. The molecular weight excluding hydrogens is 623 g/mol. The van der Waals surface area contributed by atoms with Crippen molar-refractivity contribution in [2.75, 3.05) is 0 Å². The molecule has 16 heteroatoms. The van der Waals surface area contributed by atoms with Crippen LogP contribution in [-0.4, -0.2) is 54.2 Å². The summed E-state index contributed by atoms with van der Waals surface area (Å²) in [6, 6.07) is 1.32. The van der Waals surface area contributed by atoms with E-state index in [2.05, 4.69) is 15.5 Å². The number of fused-ring (bicyclic) bond motifs is 1. The summed E-state index contributed by atoms with van der Waals surface area (Å²) < 4.78 is 96.2. The topological polar surface area (TPSA) is 120 Å². The third-order valence-electron chi connectivity index (χ3n) is 9.31. The Hall–Kier alpha value is -3.72. The van der Waals surface area contributed by atoms with Crippen LogP contribution in [0.4, 0.5) is 30.7 Å². The van der Waals surface area contributed by atoms with Gasteiger partial charge in [0.2, 0.25) is 17.8 Å². The maximum atomic E-state index is 14.2. The molecule has 3 aliphatic rings. The number of nitrogens with one attached hydrogen (secondary N) is 1. The molecule has 2 amide bonds. The Morgan fingerprint density at radius 3 is 2.33 bits per heavy atom. The van der Waals surface area contributed by atoms with Crippen LogP contribution in [0.2, 0.25) is 0 Å². The van der Waals surface area contributed by atoms with Crippen molar-refractivity contribution < 1.29 is 40.3 Å². The van der Waals surface area contributed by atoms with Gasteiger partial charge in [0.15, 0.2) is 11.3 Å². The molecule has 3 saturated carbocycles. The average molecular weight is 658 g/mol. The van der Waals surface area contributed by atoms with Crippen LogP contribution >= 0.6 is 0 Å². The van der Waals surface area contributed by atoms with Crippen molar-refractivity contribution >= 4 is 17.5 Å². The number of alkyl halides is 7. The first-order valence-corrected chi connectivity index (χ1v) is 15.4. The Bertz CT molecular complexity index is 1600. The molecule has 2 atom stereocenters. The molecule has 3 fully saturated rings. The van der Waals surface area contributed by atoms with Crippen LogP contribution in [0, 0.1) is 17.8 Å². The van der Waals surface area contributed by atoms with Crippen molar-refractivity contribution in [3.63, 3.8) is 0 Å². The van der Waals surface area contributed by atoms with E-state index in [1.165, 1.54) is 10.7 Å². The van der Waals surface area contributed by atoms with Crippen LogP contribution in [0.3, 0.4) is 0 Å². The van der Waals surface area contributed by atoms with Gasteiger partial charge in [0.25, 0.3) is 5.91 Å². The first kappa shape index (κ1) is 32.2. The number of aromatic nitrogens is 5. The Balaban J connectivity index is 1.30. The second-order valence-corrected chi connectivity index (χ2v) is 13.1. The van der Waals surface area contributed by atoms with E-state index in [9.17, 15) is 40.3 Å². The van der Waals surface area contributed by atoms with E-state index in [-0.39, 0.29) is 61.1 Å². The van der Waals surface area contributed by atoms with Crippen LogP contribution in [0.1, 0.15) is 103 Å². The van der Waals surface area contributed by atoms with E-state index in [4.69, 9.17) is 10.7 Å². The van der Waals surface area contributed by atoms with Gasteiger partial charge >= 0.3 is 6.18 Å². The van der Waals surface area contributed by atoms with Crippen LogP contribution in [0.5, 0.6) is 0 Å². The van der Waals surface area contributed by atoms with Crippen molar-refractivity contribution in [1.82, 2.24) is 29.7 Å². The van der Waals surface area contributed by atoms with Crippen molar-refractivity contribution in [2.24, 2.45) is 23.5 Å². The number of primary amides is 1. The first-order valence-electron chi connectivity index (χ1n) is 15.4. The van der Waals surface area contributed by atoms with Crippen LogP contribution in [0.15, 0.2) is 24.7 Å². The summed E-state index contributed by atoms with van der Waals surface area (Å²) in [5.41, 5.74) is 6.92. The molecule has 3 aromatic rings. The van der Waals surface area contributed by atoms with Gasteiger partial charge in [-0.15, -0.1) is 0 Å². The quantitative estimate of drug-likeness (QED) is 0.248. The highest BCUT2D eigenvalue weighted by Crippen LogP contribution is 2.47. The standard InChI is InChI=1S/C30H34F7N7O2/c31-28(32)5-3-17(4-6-28)24(20-14-43(8-7-30(35,36)37)42-26(20)27(38)46)21-15-44-22(40-21)10-19(13-39-44)25(18-1-2-18)41-23(45)9-16-11-29(33,34)12-16/h10,13-18,24-25H,1-9,11-12H2,(H2,38,46)(H,41,45)/t24-,25?/m0/s1.